The van der Waals surface area contributed by atoms with Crippen molar-refractivity contribution in [3.63, 3.8) is 0 Å². The summed E-state index contributed by atoms with van der Waals surface area (Å²) in [4.78, 5) is 4.44. The Bertz CT molecular complexity index is 952. The van der Waals surface area contributed by atoms with Gasteiger partial charge in [-0.25, -0.2) is 0 Å². The molecule has 1 heterocycles. The van der Waals surface area contributed by atoms with Crippen LogP contribution >= 0.6 is 0 Å². The van der Waals surface area contributed by atoms with Gasteiger partial charge in [0.05, 0.1) is 0 Å². The molecule has 1 N–H and O–H groups in total. The minimum atomic E-state index is -1.15. The zero-order valence-corrected chi connectivity index (χ0v) is 17.1. The van der Waals surface area contributed by atoms with E-state index in [1.807, 2.05) is 103 Å². The van der Waals surface area contributed by atoms with Crippen LogP contribution in [0.1, 0.15) is 21.5 Å². The molecule has 4 rings (SSSR count). The zero-order chi connectivity index (χ0) is 19.2. The Kier molecular flexibility index (Phi) is 5.68. The molecule has 1 atom stereocenters. The number of benzene rings is 3. The van der Waals surface area contributed by atoms with Crippen molar-refractivity contribution >= 4 is 19.5 Å². The van der Waals surface area contributed by atoms with Crippen LogP contribution in [0.25, 0.3) is 0 Å². The summed E-state index contributed by atoms with van der Waals surface area (Å²) in [6.07, 6.45) is 1.82. The molecule has 0 bridgehead atoms. The van der Waals surface area contributed by atoms with Crippen LogP contribution in [-0.4, -0.2) is 25.0 Å². The zero-order valence-electron chi connectivity index (χ0n) is 15.3. The van der Waals surface area contributed by atoms with Gasteiger partial charge in [0.15, 0.2) is 0 Å². The van der Waals surface area contributed by atoms with Crippen LogP contribution in [0, 0.1) is 0 Å². The standard InChI is InChI=1S/C25H21NOSe/c27-25(21-14-6-2-7-15-21,22-16-8-3-9-17-22)24(20-12-4-1-5-13-20)28-23-18-10-11-19-26-23/h1-19,24,27H/t24-/m1/s1. The maximum absolute atomic E-state index is 12.3. The van der Waals surface area contributed by atoms with E-state index in [9.17, 15) is 5.11 Å². The van der Waals surface area contributed by atoms with Gasteiger partial charge >= 0.3 is 172 Å². The molecule has 0 unspecified atom stereocenters. The van der Waals surface area contributed by atoms with E-state index in [4.69, 9.17) is 0 Å². The van der Waals surface area contributed by atoms with Crippen molar-refractivity contribution in [1.82, 2.24) is 4.98 Å². The van der Waals surface area contributed by atoms with E-state index in [-0.39, 0.29) is 19.8 Å². The monoisotopic (exact) mass is 431 g/mol. The van der Waals surface area contributed by atoms with Gasteiger partial charge in [0.25, 0.3) is 0 Å². The van der Waals surface area contributed by atoms with E-state index in [0.717, 1.165) is 21.3 Å². The first-order valence-electron chi connectivity index (χ1n) is 9.24. The third-order valence-electron chi connectivity index (χ3n) is 4.79. The van der Waals surface area contributed by atoms with Crippen molar-refractivity contribution in [2.45, 2.75) is 10.4 Å². The quantitative estimate of drug-likeness (QED) is 0.468. The molecule has 0 aliphatic heterocycles. The molecule has 0 spiro atoms. The van der Waals surface area contributed by atoms with Gasteiger partial charge in [-0.1, -0.05) is 0 Å². The summed E-state index contributed by atoms with van der Waals surface area (Å²) >= 11 is -0.0803. The summed E-state index contributed by atoms with van der Waals surface area (Å²) in [7, 11) is 0. The number of hydrogen-bond acceptors (Lipinski definition) is 2. The van der Waals surface area contributed by atoms with E-state index in [0.29, 0.717) is 0 Å². The van der Waals surface area contributed by atoms with Gasteiger partial charge in [0.1, 0.15) is 0 Å². The molecule has 0 amide bonds. The molecule has 2 nitrogen and oxygen atoms in total. The molecule has 0 aliphatic carbocycles. The van der Waals surface area contributed by atoms with Crippen LogP contribution < -0.4 is 4.59 Å². The van der Waals surface area contributed by atoms with Crippen LogP contribution in [0.2, 0.25) is 0 Å². The van der Waals surface area contributed by atoms with E-state index in [1.165, 1.54) is 0 Å². The van der Waals surface area contributed by atoms with Gasteiger partial charge < -0.3 is 0 Å². The molecule has 0 saturated heterocycles. The molecule has 3 heteroatoms. The Morgan fingerprint density at radius 3 is 1.64 bits per heavy atom. The minimum absolute atomic E-state index is 0.0803. The molecule has 0 saturated carbocycles. The molecular weight excluding hydrogens is 409 g/mol. The second-order valence-corrected chi connectivity index (χ2v) is 8.94. The third kappa shape index (κ3) is 3.79. The van der Waals surface area contributed by atoms with Crippen LogP contribution in [-0.2, 0) is 5.60 Å². The number of aromatic nitrogens is 1. The molecular formula is C25H21NOSe. The molecule has 138 valence electrons. The van der Waals surface area contributed by atoms with Crippen molar-refractivity contribution in [2.24, 2.45) is 0 Å². The van der Waals surface area contributed by atoms with Crippen molar-refractivity contribution < 1.29 is 5.11 Å². The van der Waals surface area contributed by atoms with Crippen LogP contribution in [0.15, 0.2) is 115 Å². The molecule has 28 heavy (non-hydrogen) atoms. The Hall–Kier alpha value is -2.71. The summed E-state index contributed by atoms with van der Waals surface area (Å²) < 4.78 is 1.02. The normalized spacial score (nSPS) is 12.5. The van der Waals surface area contributed by atoms with Gasteiger partial charge in [-0.05, 0) is 0 Å². The first-order chi connectivity index (χ1) is 13.8. The van der Waals surface area contributed by atoms with Crippen LogP contribution in [0.4, 0.5) is 0 Å². The summed E-state index contributed by atoms with van der Waals surface area (Å²) in [5, 5.41) is 12.3. The maximum atomic E-state index is 12.3. The predicted octanol–water partition coefficient (Wildman–Crippen LogP) is 4.09. The second-order valence-electron chi connectivity index (χ2n) is 6.57. The molecule has 0 fully saturated rings. The van der Waals surface area contributed by atoms with Gasteiger partial charge in [0.2, 0.25) is 0 Å². The predicted molar refractivity (Wildman–Crippen MR) is 115 cm³/mol. The van der Waals surface area contributed by atoms with Gasteiger partial charge in [-0.3, -0.25) is 0 Å². The fraction of sp³-hybridized carbons (Fsp3) is 0.0800. The Morgan fingerprint density at radius 1 is 0.643 bits per heavy atom. The van der Waals surface area contributed by atoms with E-state index >= 15 is 0 Å². The fourth-order valence-corrected chi connectivity index (χ4v) is 6.05. The number of aliphatic hydroxyl groups is 1. The molecule has 1 aromatic heterocycles. The molecule has 0 radical (unpaired) electrons. The average Bonchev–Trinajstić information content (AvgIpc) is 2.79. The first kappa shape index (κ1) is 18.6. The van der Waals surface area contributed by atoms with Gasteiger partial charge in [0, 0.05) is 0 Å². The number of pyridine rings is 1. The third-order valence-corrected chi connectivity index (χ3v) is 7.58. The first-order valence-corrected chi connectivity index (χ1v) is 11.1. The number of rotatable bonds is 6. The fourth-order valence-electron chi connectivity index (χ4n) is 3.41. The second kappa shape index (κ2) is 8.53. The Morgan fingerprint density at radius 2 is 1.14 bits per heavy atom. The van der Waals surface area contributed by atoms with Crippen molar-refractivity contribution in [3.8, 4) is 0 Å². The summed E-state index contributed by atoms with van der Waals surface area (Å²) in [6, 6.07) is 36.2. The average molecular weight is 430 g/mol. The van der Waals surface area contributed by atoms with Gasteiger partial charge in [-0.15, -0.1) is 0 Å². The molecule has 0 aliphatic rings. The van der Waals surface area contributed by atoms with E-state index < -0.39 is 5.60 Å². The van der Waals surface area contributed by atoms with E-state index in [2.05, 4.69) is 17.1 Å². The summed E-state index contributed by atoms with van der Waals surface area (Å²) in [5.41, 5.74) is 1.76. The molecule has 4 aromatic rings. The summed E-state index contributed by atoms with van der Waals surface area (Å²) in [6.45, 7) is 0. The summed E-state index contributed by atoms with van der Waals surface area (Å²) in [5.74, 6) is 0. The van der Waals surface area contributed by atoms with Crippen LogP contribution in [0.3, 0.4) is 0 Å². The number of nitrogens with zero attached hydrogens (tertiary/aromatic N) is 1. The Labute approximate surface area is 172 Å². The van der Waals surface area contributed by atoms with Crippen LogP contribution in [0.5, 0.6) is 0 Å². The SMILES string of the molecule is OC(c1ccccc1)(c1ccccc1)[C@H]([Se]c1ccccn1)c1ccccc1. The van der Waals surface area contributed by atoms with Crippen molar-refractivity contribution in [2.75, 3.05) is 0 Å². The Balaban J connectivity index is 1.91. The molecule has 3 aromatic carbocycles. The van der Waals surface area contributed by atoms with Crippen molar-refractivity contribution in [3.05, 3.63) is 132 Å². The van der Waals surface area contributed by atoms with Crippen molar-refractivity contribution in [1.29, 1.82) is 0 Å². The van der Waals surface area contributed by atoms with Gasteiger partial charge in [-0.2, -0.15) is 0 Å². The topological polar surface area (TPSA) is 33.1 Å². The number of hydrogen-bond donors (Lipinski definition) is 1. The van der Waals surface area contributed by atoms with E-state index in [1.54, 1.807) is 0 Å².